The average molecular weight is 327 g/mol. The van der Waals surface area contributed by atoms with E-state index in [1.54, 1.807) is 0 Å². The molecule has 1 amide bonds. The maximum Gasteiger partial charge on any atom is 0.255 e. The van der Waals surface area contributed by atoms with Crippen LogP contribution in [0.4, 0.5) is 5.69 Å². The van der Waals surface area contributed by atoms with Crippen molar-refractivity contribution in [2.75, 3.05) is 5.32 Å². The molecule has 0 radical (unpaired) electrons. The highest BCUT2D eigenvalue weighted by Gasteiger charge is 2.31. The van der Waals surface area contributed by atoms with E-state index in [4.69, 9.17) is 16.6 Å². The van der Waals surface area contributed by atoms with Crippen molar-refractivity contribution in [1.29, 1.82) is 0 Å². The van der Waals surface area contributed by atoms with Crippen LogP contribution in [0.2, 0.25) is 0 Å². The van der Waals surface area contributed by atoms with Gasteiger partial charge in [-0.3, -0.25) is 4.79 Å². The third kappa shape index (κ3) is 3.27. The normalized spacial score (nSPS) is 17.5. The number of hydrogen-bond donors (Lipinski definition) is 3. The Morgan fingerprint density at radius 2 is 1.91 bits per heavy atom. The Balaban J connectivity index is 1.93. The van der Waals surface area contributed by atoms with Gasteiger partial charge in [-0.2, -0.15) is 0 Å². The molecule has 2 aromatic rings. The Morgan fingerprint density at radius 1 is 1.17 bits per heavy atom. The van der Waals surface area contributed by atoms with Crippen LogP contribution in [-0.4, -0.2) is 11.0 Å². The van der Waals surface area contributed by atoms with E-state index in [9.17, 15) is 4.79 Å². The minimum absolute atomic E-state index is 0.199. The Bertz CT molecular complexity index is 780. The number of aryl methyl sites for hydroxylation is 1. The van der Waals surface area contributed by atoms with Crippen LogP contribution in [0.25, 0.3) is 0 Å². The summed E-state index contributed by atoms with van der Waals surface area (Å²) in [5.74, 6) is 1.24. The molecule has 1 unspecified atom stereocenters. The van der Waals surface area contributed by atoms with Gasteiger partial charge in [0.25, 0.3) is 5.91 Å². The zero-order valence-corrected chi connectivity index (χ0v) is 13.7. The molecule has 1 aliphatic heterocycles. The van der Waals surface area contributed by atoms with Gasteiger partial charge in [0.1, 0.15) is 17.6 Å². The van der Waals surface area contributed by atoms with Gasteiger partial charge >= 0.3 is 0 Å². The van der Waals surface area contributed by atoms with Crippen molar-refractivity contribution in [2.24, 2.45) is 0 Å². The largest absolute Gasteiger partial charge is 0.464 e. The lowest BCUT2D eigenvalue weighted by molar-refractivity contribution is -0.113. The molecule has 118 valence electrons. The molecule has 3 N–H and O–H groups in total. The summed E-state index contributed by atoms with van der Waals surface area (Å²) < 4.78 is 5.69. The number of amides is 1. The summed E-state index contributed by atoms with van der Waals surface area (Å²) in [5, 5.41) is 9.47. The topological polar surface area (TPSA) is 66.3 Å². The van der Waals surface area contributed by atoms with E-state index in [2.05, 4.69) is 16.0 Å². The fraction of sp³-hybridized carbons (Fsp3) is 0.176. The Labute approximate surface area is 139 Å². The van der Waals surface area contributed by atoms with E-state index in [-0.39, 0.29) is 5.91 Å². The van der Waals surface area contributed by atoms with Crippen molar-refractivity contribution < 1.29 is 9.21 Å². The lowest BCUT2D eigenvalue weighted by atomic mass is 10.00. The zero-order valence-electron chi connectivity index (χ0n) is 12.8. The summed E-state index contributed by atoms with van der Waals surface area (Å²) in [4.78, 5) is 12.7. The van der Waals surface area contributed by atoms with Crippen LogP contribution in [0.15, 0.2) is 58.2 Å². The van der Waals surface area contributed by atoms with E-state index >= 15 is 0 Å². The number of benzene rings is 1. The first-order chi connectivity index (χ1) is 11.0. The number of thiocarbonyl (C=S) groups is 1. The van der Waals surface area contributed by atoms with Gasteiger partial charge in [0.2, 0.25) is 0 Å². The molecule has 1 aliphatic rings. The molecule has 5 nitrogen and oxygen atoms in total. The van der Waals surface area contributed by atoms with Crippen LogP contribution < -0.4 is 16.0 Å². The highest BCUT2D eigenvalue weighted by Crippen LogP contribution is 2.28. The summed E-state index contributed by atoms with van der Waals surface area (Å²) in [7, 11) is 0. The first kappa shape index (κ1) is 15.3. The van der Waals surface area contributed by atoms with Gasteiger partial charge in [0.15, 0.2) is 5.11 Å². The Morgan fingerprint density at radius 3 is 2.57 bits per heavy atom. The van der Waals surface area contributed by atoms with Gasteiger partial charge < -0.3 is 20.4 Å². The van der Waals surface area contributed by atoms with Gasteiger partial charge in [-0.25, -0.2) is 0 Å². The molecular formula is C17H17N3O2S. The highest BCUT2D eigenvalue weighted by atomic mass is 32.1. The van der Waals surface area contributed by atoms with Crippen molar-refractivity contribution in [3.05, 3.63) is 65.3 Å². The standard InChI is InChI=1S/C17H17N3O2S/c1-10-8-9-13(22-10)15-14(11(2)18-17(23)20-15)16(21)19-12-6-4-3-5-7-12/h3-9,15H,1-2H3,(H,19,21)(H2,18,20,23). The second-order valence-electron chi connectivity index (χ2n) is 5.34. The van der Waals surface area contributed by atoms with Gasteiger partial charge in [0, 0.05) is 11.4 Å². The molecule has 0 saturated heterocycles. The van der Waals surface area contributed by atoms with Crippen LogP contribution in [0.5, 0.6) is 0 Å². The molecule has 0 saturated carbocycles. The van der Waals surface area contributed by atoms with Crippen LogP contribution in [0, 0.1) is 6.92 Å². The first-order valence-electron chi connectivity index (χ1n) is 7.25. The summed E-state index contributed by atoms with van der Waals surface area (Å²) >= 11 is 5.21. The number of carbonyl (C=O) groups excluding carboxylic acids is 1. The van der Waals surface area contributed by atoms with Crippen molar-refractivity contribution in [3.63, 3.8) is 0 Å². The molecular weight excluding hydrogens is 310 g/mol. The molecule has 1 aromatic carbocycles. The lowest BCUT2D eigenvalue weighted by Gasteiger charge is -2.28. The number of carbonyl (C=O) groups is 1. The van der Waals surface area contributed by atoms with Crippen molar-refractivity contribution in [3.8, 4) is 0 Å². The third-order valence-electron chi connectivity index (χ3n) is 3.59. The summed E-state index contributed by atoms with van der Waals surface area (Å²) in [5.41, 5.74) is 2.00. The predicted molar refractivity (Wildman–Crippen MR) is 92.8 cm³/mol. The van der Waals surface area contributed by atoms with Gasteiger partial charge in [-0.15, -0.1) is 0 Å². The van der Waals surface area contributed by atoms with Crippen molar-refractivity contribution in [1.82, 2.24) is 10.6 Å². The van der Waals surface area contributed by atoms with Crippen molar-refractivity contribution >= 4 is 28.9 Å². The van der Waals surface area contributed by atoms with E-state index in [0.29, 0.717) is 22.1 Å². The second kappa shape index (κ2) is 6.26. The van der Waals surface area contributed by atoms with Crippen LogP contribution in [0.1, 0.15) is 24.5 Å². The molecule has 0 aliphatic carbocycles. The summed E-state index contributed by atoms with van der Waals surface area (Å²) in [6.07, 6.45) is 0. The Kier molecular flexibility index (Phi) is 4.16. The molecule has 0 bridgehead atoms. The maximum atomic E-state index is 12.7. The number of nitrogens with one attached hydrogen (secondary N) is 3. The SMILES string of the molecule is CC1=C(C(=O)Nc2ccccc2)C(c2ccc(C)o2)NC(=S)N1. The van der Waals surface area contributed by atoms with Crippen LogP contribution >= 0.6 is 12.2 Å². The molecule has 23 heavy (non-hydrogen) atoms. The number of hydrogen-bond acceptors (Lipinski definition) is 3. The quantitative estimate of drug-likeness (QED) is 0.756. The van der Waals surface area contributed by atoms with Gasteiger partial charge in [0.05, 0.1) is 5.57 Å². The van der Waals surface area contributed by atoms with E-state index in [0.717, 1.165) is 11.4 Å². The lowest BCUT2D eigenvalue weighted by Crippen LogP contribution is -2.45. The minimum atomic E-state index is -0.416. The zero-order chi connectivity index (χ0) is 16.4. The fourth-order valence-corrected chi connectivity index (χ4v) is 2.81. The van der Waals surface area contributed by atoms with E-state index in [1.165, 1.54) is 0 Å². The number of rotatable bonds is 3. The molecule has 6 heteroatoms. The van der Waals surface area contributed by atoms with E-state index < -0.39 is 6.04 Å². The predicted octanol–water partition coefficient (Wildman–Crippen LogP) is 3.02. The first-order valence-corrected chi connectivity index (χ1v) is 7.66. The number of allylic oxidation sites excluding steroid dienone is 1. The van der Waals surface area contributed by atoms with Gasteiger partial charge in [-0.05, 0) is 50.3 Å². The molecule has 1 aromatic heterocycles. The molecule has 0 fully saturated rings. The average Bonchev–Trinajstić information content (AvgIpc) is 2.93. The molecule has 3 rings (SSSR count). The third-order valence-corrected chi connectivity index (χ3v) is 3.81. The number of para-hydroxylation sites is 1. The molecule has 0 spiro atoms. The van der Waals surface area contributed by atoms with Crippen LogP contribution in [0.3, 0.4) is 0 Å². The second-order valence-corrected chi connectivity index (χ2v) is 5.75. The Hall–Kier alpha value is -2.60. The van der Waals surface area contributed by atoms with Gasteiger partial charge in [-0.1, -0.05) is 18.2 Å². The van der Waals surface area contributed by atoms with Crippen molar-refractivity contribution in [2.45, 2.75) is 19.9 Å². The van der Waals surface area contributed by atoms with E-state index in [1.807, 2.05) is 56.3 Å². The monoisotopic (exact) mass is 327 g/mol. The molecule has 2 heterocycles. The fourth-order valence-electron chi connectivity index (χ4n) is 2.54. The molecule has 1 atom stereocenters. The smallest absolute Gasteiger partial charge is 0.255 e. The summed E-state index contributed by atoms with van der Waals surface area (Å²) in [6, 6.07) is 12.6. The number of anilines is 1. The number of furan rings is 1. The maximum absolute atomic E-state index is 12.7. The summed E-state index contributed by atoms with van der Waals surface area (Å²) in [6.45, 7) is 3.69. The highest BCUT2D eigenvalue weighted by molar-refractivity contribution is 7.80. The minimum Gasteiger partial charge on any atom is -0.464 e. The van der Waals surface area contributed by atoms with Crippen LogP contribution in [-0.2, 0) is 4.79 Å².